The summed E-state index contributed by atoms with van der Waals surface area (Å²) < 4.78 is 21.3. The average molecular weight is 414 g/mol. The lowest BCUT2D eigenvalue weighted by atomic mass is 9.93. The molecule has 1 aliphatic rings. The molecule has 2 amide bonds. The molecule has 8 heteroatoms. The van der Waals surface area contributed by atoms with Crippen LogP contribution in [0.25, 0.3) is 6.08 Å². The van der Waals surface area contributed by atoms with Crippen molar-refractivity contribution < 1.29 is 28.5 Å². The summed E-state index contributed by atoms with van der Waals surface area (Å²) in [5.41, 5.74) is 1.15. The number of hydrogen-bond donors (Lipinski definition) is 0. The zero-order chi connectivity index (χ0) is 22.3. The molecule has 0 fully saturated rings. The minimum atomic E-state index is -0.585. The van der Waals surface area contributed by atoms with Gasteiger partial charge in [0.05, 0.1) is 21.3 Å². The zero-order valence-corrected chi connectivity index (χ0v) is 17.9. The fourth-order valence-corrected chi connectivity index (χ4v) is 3.15. The number of carbonyl (C=O) groups excluding carboxylic acids is 2. The predicted octanol–water partition coefficient (Wildman–Crippen LogP) is 2.73. The van der Waals surface area contributed by atoms with E-state index in [1.165, 1.54) is 21.3 Å². The number of methoxy groups -OCH3 is 3. The van der Waals surface area contributed by atoms with Crippen LogP contribution in [0.1, 0.15) is 25.8 Å². The van der Waals surface area contributed by atoms with Gasteiger partial charge in [0.25, 0.3) is 11.8 Å². The summed E-state index contributed by atoms with van der Waals surface area (Å²) >= 11 is 0. The molecule has 1 aliphatic heterocycles. The largest absolute Gasteiger partial charge is 0.493 e. The van der Waals surface area contributed by atoms with Gasteiger partial charge in [0, 0.05) is 25.3 Å². The lowest BCUT2D eigenvalue weighted by molar-refractivity contribution is -0.140. The molecule has 8 nitrogen and oxygen atoms in total. The number of carbonyl (C=O) groups is 2. The summed E-state index contributed by atoms with van der Waals surface area (Å²) in [6.45, 7) is 4.61. The van der Waals surface area contributed by atoms with Crippen molar-refractivity contribution in [2.75, 3.05) is 41.1 Å². The maximum Gasteiger partial charge on any atom is 0.271 e. The Morgan fingerprint density at radius 3 is 2.20 bits per heavy atom. The minimum Gasteiger partial charge on any atom is -0.493 e. The fraction of sp³-hybridized carbons (Fsp3) is 0.409. The SMILES string of the molecule is CCOCCCN1C(=O)C(C#N)=C(C)/C(=C\c2cc(OC)c(OC)c(OC)c2)C1=O. The van der Waals surface area contributed by atoms with Crippen molar-refractivity contribution >= 4 is 17.9 Å². The second-order valence-corrected chi connectivity index (χ2v) is 6.44. The van der Waals surface area contributed by atoms with E-state index in [1.807, 2.05) is 13.0 Å². The second kappa shape index (κ2) is 10.5. The lowest BCUT2D eigenvalue weighted by Crippen LogP contribution is -2.43. The molecule has 1 aromatic carbocycles. The molecule has 0 atom stereocenters. The van der Waals surface area contributed by atoms with Crippen LogP contribution in [-0.4, -0.2) is 57.8 Å². The van der Waals surface area contributed by atoms with Gasteiger partial charge in [-0.05, 0) is 49.6 Å². The fourth-order valence-electron chi connectivity index (χ4n) is 3.15. The molecule has 30 heavy (non-hydrogen) atoms. The van der Waals surface area contributed by atoms with E-state index in [0.717, 1.165) is 4.90 Å². The third-order valence-corrected chi connectivity index (χ3v) is 4.70. The van der Waals surface area contributed by atoms with Gasteiger partial charge < -0.3 is 18.9 Å². The van der Waals surface area contributed by atoms with E-state index in [1.54, 1.807) is 25.1 Å². The van der Waals surface area contributed by atoms with Gasteiger partial charge in [-0.3, -0.25) is 14.5 Å². The van der Waals surface area contributed by atoms with E-state index in [2.05, 4.69) is 0 Å². The van der Waals surface area contributed by atoms with Gasteiger partial charge in [0.15, 0.2) is 11.5 Å². The number of amides is 2. The van der Waals surface area contributed by atoms with Crippen LogP contribution in [0.3, 0.4) is 0 Å². The summed E-state index contributed by atoms with van der Waals surface area (Å²) in [6, 6.07) is 5.31. The van der Waals surface area contributed by atoms with Gasteiger partial charge >= 0.3 is 0 Å². The average Bonchev–Trinajstić information content (AvgIpc) is 2.75. The van der Waals surface area contributed by atoms with Gasteiger partial charge in [-0.1, -0.05) is 0 Å². The first-order valence-corrected chi connectivity index (χ1v) is 9.50. The summed E-state index contributed by atoms with van der Waals surface area (Å²) in [4.78, 5) is 26.8. The monoisotopic (exact) mass is 414 g/mol. The maximum absolute atomic E-state index is 13.1. The summed E-state index contributed by atoms with van der Waals surface area (Å²) in [5.74, 6) is 0.243. The van der Waals surface area contributed by atoms with Crippen molar-refractivity contribution in [1.29, 1.82) is 5.26 Å². The number of benzene rings is 1. The molecule has 0 radical (unpaired) electrons. The predicted molar refractivity (Wildman–Crippen MR) is 110 cm³/mol. The van der Waals surface area contributed by atoms with Crippen LogP contribution in [0, 0.1) is 11.3 Å². The van der Waals surface area contributed by atoms with Crippen molar-refractivity contribution in [3.8, 4) is 23.3 Å². The third kappa shape index (κ3) is 4.63. The highest BCUT2D eigenvalue weighted by Gasteiger charge is 2.35. The Morgan fingerprint density at radius 1 is 1.07 bits per heavy atom. The summed E-state index contributed by atoms with van der Waals surface area (Å²) in [6.07, 6.45) is 2.10. The number of nitrogens with zero attached hydrogens (tertiary/aromatic N) is 2. The van der Waals surface area contributed by atoms with Crippen LogP contribution in [0.2, 0.25) is 0 Å². The van der Waals surface area contributed by atoms with E-state index < -0.39 is 11.8 Å². The molecule has 1 aromatic rings. The number of imide groups is 1. The Bertz CT molecular complexity index is 901. The molecule has 0 aromatic heterocycles. The van der Waals surface area contributed by atoms with E-state index >= 15 is 0 Å². The molecule has 0 unspecified atom stereocenters. The van der Waals surface area contributed by atoms with Crippen molar-refractivity contribution in [3.05, 3.63) is 34.4 Å². The lowest BCUT2D eigenvalue weighted by Gasteiger charge is -2.27. The molecule has 0 N–H and O–H groups in total. The standard InChI is InChI=1S/C22H26N2O6/c1-6-30-9-7-8-24-21(25)16(14(2)17(13-23)22(24)26)10-15-11-18(27-3)20(29-5)19(12-15)28-4/h10-12H,6-9H2,1-5H3/b16-10+. The Labute approximate surface area is 176 Å². The van der Waals surface area contributed by atoms with Gasteiger partial charge in [0.2, 0.25) is 5.75 Å². The quantitative estimate of drug-likeness (QED) is 0.348. The zero-order valence-electron chi connectivity index (χ0n) is 17.9. The highest BCUT2D eigenvalue weighted by atomic mass is 16.5. The third-order valence-electron chi connectivity index (χ3n) is 4.70. The molecule has 1 heterocycles. The Hall–Kier alpha value is -3.31. The van der Waals surface area contributed by atoms with E-state index in [0.29, 0.717) is 48.0 Å². The van der Waals surface area contributed by atoms with Crippen LogP contribution >= 0.6 is 0 Å². The first-order valence-electron chi connectivity index (χ1n) is 9.50. The number of ether oxygens (including phenoxy) is 4. The molecule has 2 rings (SSSR count). The second-order valence-electron chi connectivity index (χ2n) is 6.44. The highest BCUT2D eigenvalue weighted by Crippen LogP contribution is 2.39. The smallest absolute Gasteiger partial charge is 0.271 e. The summed E-state index contributed by atoms with van der Waals surface area (Å²) in [5, 5.41) is 9.49. The minimum absolute atomic E-state index is 0.0512. The topological polar surface area (TPSA) is 98.1 Å². The number of nitriles is 1. The molecule has 0 bridgehead atoms. The van der Waals surface area contributed by atoms with Crippen molar-refractivity contribution in [2.45, 2.75) is 20.3 Å². The van der Waals surface area contributed by atoms with E-state index in [-0.39, 0.29) is 17.7 Å². The van der Waals surface area contributed by atoms with E-state index in [9.17, 15) is 14.9 Å². The Morgan fingerprint density at radius 2 is 1.70 bits per heavy atom. The van der Waals surface area contributed by atoms with Gasteiger partial charge in [-0.2, -0.15) is 5.26 Å². The highest BCUT2D eigenvalue weighted by molar-refractivity contribution is 6.19. The number of hydrogen-bond acceptors (Lipinski definition) is 7. The normalized spacial score (nSPS) is 15.5. The molecule has 160 valence electrons. The molecule has 0 aliphatic carbocycles. The molecular formula is C22H26N2O6. The molecule has 0 saturated heterocycles. The Balaban J connectivity index is 2.51. The van der Waals surface area contributed by atoms with Crippen molar-refractivity contribution in [2.24, 2.45) is 0 Å². The van der Waals surface area contributed by atoms with Gasteiger partial charge in [-0.25, -0.2) is 0 Å². The van der Waals surface area contributed by atoms with Crippen molar-refractivity contribution in [1.82, 2.24) is 4.90 Å². The van der Waals surface area contributed by atoms with Crippen LogP contribution in [-0.2, 0) is 14.3 Å². The molecule has 0 saturated carbocycles. The molecular weight excluding hydrogens is 388 g/mol. The van der Waals surface area contributed by atoms with Crippen LogP contribution in [0.15, 0.2) is 28.9 Å². The van der Waals surface area contributed by atoms with Crippen LogP contribution in [0.4, 0.5) is 0 Å². The Kier molecular flexibility index (Phi) is 8.01. The molecule has 0 spiro atoms. The number of rotatable bonds is 9. The van der Waals surface area contributed by atoms with Crippen LogP contribution in [0.5, 0.6) is 17.2 Å². The van der Waals surface area contributed by atoms with Gasteiger partial charge in [-0.15, -0.1) is 0 Å². The first kappa shape index (κ1) is 23.0. The first-order chi connectivity index (χ1) is 14.4. The van der Waals surface area contributed by atoms with Crippen molar-refractivity contribution in [3.63, 3.8) is 0 Å². The van der Waals surface area contributed by atoms with Crippen LogP contribution < -0.4 is 14.2 Å². The maximum atomic E-state index is 13.1. The van der Waals surface area contributed by atoms with Gasteiger partial charge in [0.1, 0.15) is 11.6 Å². The summed E-state index contributed by atoms with van der Waals surface area (Å²) in [7, 11) is 4.50. The van der Waals surface area contributed by atoms with E-state index in [4.69, 9.17) is 18.9 Å².